The summed E-state index contributed by atoms with van der Waals surface area (Å²) in [5.41, 5.74) is 1.56. The maximum Gasteiger partial charge on any atom is 0.182 e. The average Bonchev–Trinajstić information content (AvgIpc) is 2.66. The molecule has 2 heterocycles. The standard InChI is InChI=1S/C10H7NO2S/c12-5-9-3-7(6-14-9)10-4-8(13)1-2-11-10/h1-6H,(H,11,13). The van der Waals surface area contributed by atoms with Crippen molar-refractivity contribution in [1.82, 2.24) is 4.98 Å². The summed E-state index contributed by atoms with van der Waals surface area (Å²) in [4.78, 5) is 25.1. The van der Waals surface area contributed by atoms with Crippen molar-refractivity contribution in [2.24, 2.45) is 0 Å². The van der Waals surface area contributed by atoms with Crippen molar-refractivity contribution in [2.75, 3.05) is 0 Å². The number of nitrogens with one attached hydrogen (secondary N) is 1. The molecule has 0 spiro atoms. The van der Waals surface area contributed by atoms with Gasteiger partial charge in [0.25, 0.3) is 0 Å². The molecule has 0 radical (unpaired) electrons. The lowest BCUT2D eigenvalue weighted by Crippen LogP contribution is -1.97. The second-order valence-corrected chi connectivity index (χ2v) is 3.74. The molecular weight excluding hydrogens is 198 g/mol. The Morgan fingerprint density at radius 1 is 1.36 bits per heavy atom. The SMILES string of the molecule is O=Cc1cc(-c2cc(=O)cc[nH]2)cs1. The summed E-state index contributed by atoms with van der Waals surface area (Å²) in [6.07, 6.45) is 2.39. The Hall–Kier alpha value is -1.68. The molecule has 0 aliphatic rings. The monoisotopic (exact) mass is 205 g/mol. The Kier molecular flexibility index (Phi) is 2.28. The van der Waals surface area contributed by atoms with Crippen LogP contribution in [0.3, 0.4) is 0 Å². The van der Waals surface area contributed by atoms with Gasteiger partial charge in [0.2, 0.25) is 0 Å². The Morgan fingerprint density at radius 2 is 2.21 bits per heavy atom. The van der Waals surface area contributed by atoms with E-state index < -0.39 is 0 Å². The molecule has 0 saturated heterocycles. The zero-order valence-corrected chi connectivity index (χ0v) is 8.01. The van der Waals surface area contributed by atoms with Crippen molar-refractivity contribution in [2.45, 2.75) is 0 Å². The molecule has 0 amide bonds. The lowest BCUT2D eigenvalue weighted by atomic mass is 10.2. The van der Waals surface area contributed by atoms with Gasteiger partial charge in [0.15, 0.2) is 11.7 Å². The smallest absolute Gasteiger partial charge is 0.182 e. The predicted octanol–water partition coefficient (Wildman–Crippen LogP) is 1.92. The number of rotatable bonds is 2. The summed E-state index contributed by atoms with van der Waals surface area (Å²) in [6, 6.07) is 4.72. The van der Waals surface area contributed by atoms with Gasteiger partial charge in [-0.1, -0.05) is 0 Å². The third-order valence-electron chi connectivity index (χ3n) is 1.82. The average molecular weight is 205 g/mol. The summed E-state index contributed by atoms with van der Waals surface area (Å²) in [7, 11) is 0. The quantitative estimate of drug-likeness (QED) is 0.761. The number of pyridine rings is 1. The zero-order valence-electron chi connectivity index (χ0n) is 7.19. The number of hydrogen-bond acceptors (Lipinski definition) is 3. The van der Waals surface area contributed by atoms with E-state index in [1.807, 2.05) is 5.38 Å². The minimum atomic E-state index is -0.0439. The maximum atomic E-state index is 11.1. The van der Waals surface area contributed by atoms with Crippen molar-refractivity contribution < 1.29 is 4.79 Å². The van der Waals surface area contributed by atoms with Crippen LogP contribution in [0, 0.1) is 0 Å². The first-order valence-corrected chi connectivity index (χ1v) is 4.90. The Balaban J connectivity index is 2.49. The van der Waals surface area contributed by atoms with Gasteiger partial charge >= 0.3 is 0 Å². The topological polar surface area (TPSA) is 49.9 Å². The second-order valence-electron chi connectivity index (χ2n) is 2.79. The first kappa shape index (κ1) is 8.90. The van der Waals surface area contributed by atoms with Crippen LogP contribution in [-0.4, -0.2) is 11.3 Å². The molecule has 0 saturated carbocycles. The molecule has 0 unspecified atom stereocenters. The van der Waals surface area contributed by atoms with Crippen molar-refractivity contribution >= 4 is 17.6 Å². The van der Waals surface area contributed by atoms with Crippen LogP contribution in [0.1, 0.15) is 9.67 Å². The molecule has 0 bridgehead atoms. The van der Waals surface area contributed by atoms with Crippen LogP contribution in [-0.2, 0) is 0 Å². The van der Waals surface area contributed by atoms with E-state index in [1.165, 1.54) is 23.5 Å². The van der Waals surface area contributed by atoms with E-state index in [0.29, 0.717) is 4.88 Å². The van der Waals surface area contributed by atoms with Crippen LogP contribution in [0.4, 0.5) is 0 Å². The van der Waals surface area contributed by atoms with Crippen LogP contribution in [0.2, 0.25) is 0 Å². The summed E-state index contributed by atoms with van der Waals surface area (Å²) in [6.45, 7) is 0. The number of thiophene rings is 1. The van der Waals surface area contributed by atoms with E-state index in [9.17, 15) is 9.59 Å². The molecule has 0 fully saturated rings. The highest BCUT2D eigenvalue weighted by molar-refractivity contribution is 7.12. The van der Waals surface area contributed by atoms with Crippen LogP contribution < -0.4 is 5.43 Å². The van der Waals surface area contributed by atoms with E-state index in [1.54, 1.807) is 12.3 Å². The van der Waals surface area contributed by atoms with E-state index >= 15 is 0 Å². The molecule has 1 N–H and O–H groups in total. The summed E-state index contributed by atoms with van der Waals surface area (Å²) >= 11 is 1.36. The Morgan fingerprint density at radius 3 is 2.86 bits per heavy atom. The highest BCUT2D eigenvalue weighted by atomic mass is 32.1. The minimum Gasteiger partial charge on any atom is -0.361 e. The molecule has 3 nitrogen and oxygen atoms in total. The van der Waals surface area contributed by atoms with E-state index in [-0.39, 0.29) is 5.43 Å². The summed E-state index contributed by atoms with van der Waals surface area (Å²) in [5.74, 6) is 0. The molecule has 14 heavy (non-hydrogen) atoms. The van der Waals surface area contributed by atoms with Gasteiger partial charge in [-0.15, -0.1) is 11.3 Å². The molecule has 2 aromatic rings. The third kappa shape index (κ3) is 1.65. The Bertz CT molecular complexity index is 513. The van der Waals surface area contributed by atoms with Crippen LogP contribution in [0.25, 0.3) is 11.3 Å². The number of hydrogen-bond donors (Lipinski definition) is 1. The molecule has 2 aromatic heterocycles. The van der Waals surface area contributed by atoms with Crippen molar-refractivity contribution in [3.05, 3.63) is 44.9 Å². The number of aromatic amines is 1. The molecular formula is C10H7NO2S. The molecule has 0 aliphatic heterocycles. The minimum absolute atomic E-state index is 0.0439. The van der Waals surface area contributed by atoms with Crippen molar-refractivity contribution in [3.8, 4) is 11.3 Å². The second kappa shape index (κ2) is 3.59. The fraction of sp³-hybridized carbons (Fsp3) is 0. The summed E-state index contributed by atoms with van der Waals surface area (Å²) in [5, 5.41) is 1.84. The van der Waals surface area contributed by atoms with Gasteiger partial charge in [-0.25, -0.2) is 0 Å². The van der Waals surface area contributed by atoms with Crippen molar-refractivity contribution in [3.63, 3.8) is 0 Å². The number of aldehydes is 1. The van der Waals surface area contributed by atoms with Gasteiger partial charge in [-0.3, -0.25) is 9.59 Å². The van der Waals surface area contributed by atoms with Crippen LogP contribution in [0.15, 0.2) is 34.6 Å². The van der Waals surface area contributed by atoms with E-state index in [0.717, 1.165) is 17.5 Å². The lowest BCUT2D eigenvalue weighted by Gasteiger charge is -1.94. The van der Waals surface area contributed by atoms with E-state index in [4.69, 9.17) is 0 Å². The highest BCUT2D eigenvalue weighted by Crippen LogP contribution is 2.21. The number of H-pyrrole nitrogens is 1. The third-order valence-corrected chi connectivity index (χ3v) is 2.68. The number of carbonyl (C=O) groups excluding carboxylic acids is 1. The van der Waals surface area contributed by atoms with Gasteiger partial charge < -0.3 is 4.98 Å². The van der Waals surface area contributed by atoms with Crippen LogP contribution >= 0.6 is 11.3 Å². The largest absolute Gasteiger partial charge is 0.361 e. The molecule has 0 aromatic carbocycles. The first-order valence-electron chi connectivity index (χ1n) is 4.02. The van der Waals surface area contributed by atoms with Gasteiger partial charge in [0, 0.05) is 29.3 Å². The van der Waals surface area contributed by atoms with Crippen LogP contribution in [0.5, 0.6) is 0 Å². The molecule has 0 aliphatic carbocycles. The fourth-order valence-electron chi connectivity index (χ4n) is 1.17. The predicted molar refractivity (Wildman–Crippen MR) is 55.8 cm³/mol. The fourth-order valence-corrected chi connectivity index (χ4v) is 1.88. The lowest BCUT2D eigenvalue weighted by molar-refractivity contribution is 0.112. The molecule has 2 rings (SSSR count). The van der Waals surface area contributed by atoms with Gasteiger partial charge in [0.05, 0.1) is 10.6 Å². The van der Waals surface area contributed by atoms with Gasteiger partial charge in [0.1, 0.15) is 0 Å². The van der Waals surface area contributed by atoms with Gasteiger partial charge in [-0.2, -0.15) is 0 Å². The first-order chi connectivity index (χ1) is 6.79. The van der Waals surface area contributed by atoms with Crippen molar-refractivity contribution in [1.29, 1.82) is 0 Å². The molecule has 0 atom stereocenters. The highest BCUT2D eigenvalue weighted by Gasteiger charge is 2.01. The molecule has 4 heteroatoms. The van der Waals surface area contributed by atoms with Gasteiger partial charge in [-0.05, 0) is 6.07 Å². The number of carbonyl (C=O) groups is 1. The van der Waals surface area contributed by atoms with E-state index in [2.05, 4.69) is 4.98 Å². The number of aromatic nitrogens is 1. The Labute approximate surface area is 84.0 Å². The zero-order chi connectivity index (χ0) is 9.97. The normalized spacial score (nSPS) is 10.0. The molecule has 70 valence electrons. The summed E-state index contributed by atoms with van der Waals surface area (Å²) < 4.78 is 0. The maximum absolute atomic E-state index is 11.1.